The third-order valence-electron chi connectivity index (χ3n) is 3.27. The van der Waals surface area contributed by atoms with Crippen molar-refractivity contribution in [2.75, 3.05) is 0 Å². The first-order valence-corrected chi connectivity index (χ1v) is 6.11. The Hall–Kier alpha value is 0. The summed E-state index contributed by atoms with van der Waals surface area (Å²) in [6.45, 7) is 11.7. The van der Waals surface area contributed by atoms with Crippen LogP contribution in [0.3, 0.4) is 0 Å². The van der Waals surface area contributed by atoms with Gasteiger partial charge in [0.15, 0.2) is 0 Å². The Kier molecular flexibility index (Phi) is 7.41. The largest absolute Gasteiger partial charge is 0.0654 e. The van der Waals surface area contributed by atoms with Gasteiger partial charge in [0.25, 0.3) is 0 Å². The van der Waals surface area contributed by atoms with Crippen LogP contribution in [0.1, 0.15) is 66.7 Å². The van der Waals surface area contributed by atoms with Crippen molar-refractivity contribution in [2.24, 2.45) is 17.8 Å². The fourth-order valence-corrected chi connectivity index (χ4v) is 1.87. The Morgan fingerprint density at radius 2 is 1.62 bits per heavy atom. The van der Waals surface area contributed by atoms with Gasteiger partial charge in [0.1, 0.15) is 0 Å². The zero-order valence-electron chi connectivity index (χ0n) is 10.3. The fraction of sp³-hybridized carbons (Fsp3) is 1.00. The molecule has 0 nitrogen and oxygen atoms in total. The molecule has 2 unspecified atom stereocenters. The third-order valence-corrected chi connectivity index (χ3v) is 3.27. The molecule has 13 heavy (non-hydrogen) atoms. The van der Waals surface area contributed by atoms with Crippen molar-refractivity contribution < 1.29 is 0 Å². The molecule has 0 aliphatic carbocycles. The van der Waals surface area contributed by atoms with Gasteiger partial charge in [-0.1, -0.05) is 60.3 Å². The van der Waals surface area contributed by atoms with E-state index in [-0.39, 0.29) is 0 Å². The van der Waals surface area contributed by atoms with Gasteiger partial charge in [-0.25, -0.2) is 0 Å². The van der Waals surface area contributed by atoms with Gasteiger partial charge >= 0.3 is 0 Å². The zero-order valence-corrected chi connectivity index (χ0v) is 10.3. The monoisotopic (exact) mass is 184 g/mol. The second-order valence-corrected chi connectivity index (χ2v) is 4.90. The van der Waals surface area contributed by atoms with E-state index in [2.05, 4.69) is 34.6 Å². The second kappa shape index (κ2) is 7.41. The van der Waals surface area contributed by atoms with Gasteiger partial charge in [-0.05, 0) is 24.2 Å². The molecule has 0 saturated carbocycles. The lowest BCUT2D eigenvalue weighted by Gasteiger charge is -2.23. The maximum atomic E-state index is 2.39. The average Bonchev–Trinajstić information content (AvgIpc) is 2.11. The van der Waals surface area contributed by atoms with E-state index in [9.17, 15) is 0 Å². The fourth-order valence-electron chi connectivity index (χ4n) is 1.87. The molecular formula is C13H28. The van der Waals surface area contributed by atoms with Crippen molar-refractivity contribution in [3.63, 3.8) is 0 Å². The summed E-state index contributed by atoms with van der Waals surface area (Å²) in [6.07, 6.45) is 6.99. The quantitative estimate of drug-likeness (QED) is 0.528. The van der Waals surface area contributed by atoms with Crippen LogP contribution in [0.2, 0.25) is 0 Å². The van der Waals surface area contributed by atoms with Gasteiger partial charge in [0.05, 0.1) is 0 Å². The molecule has 0 N–H and O–H groups in total. The summed E-state index contributed by atoms with van der Waals surface area (Å²) in [6, 6.07) is 0. The van der Waals surface area contributed by atoms with E-state index >= 15 is 0 Å². The Morgan fingerprint density at radius 1 is 1.00 bits per heavy atom. The van der Waals surface area contributed by atoms with E-state index in [1.165, 1.54) is 32.1 Å². The van der Waals surface area contributed by atoms with Crippen LogP contribution in [0.5, 0.6) is 0 Å². The van der Waals surface area contributed by atoms with Crippen molar-refractivity contribution in [3.05, 3.63) is 0 Å². The van der Waals surface area contributed by atoms with Gasteiger partial charge < -0.3 is 0 Å². The van der Waals surface area contributed by atoms with E-state index < -0.39 is 0 Å². The highest BCUT2D eigenvalue weighted by molar-refractivity contribution is 4.66. The molecular weight excluding hydrogens is 156 g/mol. The molecule has 0 aliphatic rings. The number of unbranched alkanes of at least 4 members (excludes halogenated alkanes) is 1. The first-order chi connectivity index (χ1) is 6.11. The van der Waals surface area contributed by atoms with Crippen LogP contribution in [0.25, 0.3) is 0 Å². The van der Waals surface area contributed by atoms with Crippen LogP contribution in [-0.4, -0.2) is 0 Å². The van der Waals surface area contributed by atoms with Gasteiger partial charge in [-0.3, -0.25) is 0 Å². The molecule has 0 heterocycles. The Labute approximate surface area is 85.1 Å². The molecule has 0 fully saturated rings. The molecule has 0 aliphatic heterocycles. The lowest BCUT2D eigenvalue weighted by molar-refractivity contribution is 0.280. The van der Waals surface area contributed by atoms with Gasteiger partial charge in [0, 0.05) is 0 Å². The average molecular weight is 184 g/mol. The summed E-state index contributed by atoms with van der Waals surface area (Å²) >= 11 is 0. The minimum Gasteiger partial charge on any atom is -0.0654 e. The normalized spacial score (nSPS) is 16.2. The first kappa shape index (κ1) is 13.0. The van der Waals surface area contributed by atoms with E-state index in [1.54, 1.807) is 0 Å². The second-order valence-electron chi connectivity index (χ2n) is 4.90. The van der Waals surface area contributed by atoms with Crippen LogP contribution >= 0.6 is 0 Å². The molecule has 0 amide bonds. The van der Waals surface area contributed by atoms with E-state index in [0.717, 1.165) is 17.8 Å². The maximum absolute atomic E-state index is 2.39. The summed E-state index contributed by atoms with van der Waals surface area (Å²) < 4.78 is 0. The predicted molar refractivity (Wildman–Crippen MR) is 61.9 cm³/mol. The van der Waals surface area contributed by atoms with Crippen LogP contribution in [0.4, 0.5) is 0 Å². The van der Waals surface area contributed by atoms with Gasteiger partial charge in [-0.15, -0.1) is 0 Å². The highest BCUT2D eigenvalue weighted by Crippen LogP contribution is 2.26. The van der Waals surface area contributed by atoms with Crippen molar-refractivity contribution in [1.29, 1.82) is 0 Å². The molecule has 0 aromatic heterocycles. The van der Waals surface area contributed by atoms with Crippen LogP contribution < -0.4 is 0 Å². The minimum absolute atomic E-state index is 0.876. The van der Waals surface area contributed by atoms with E-state index in [4.69, 9.17) is 0 Å². The maximum Gasteiger partial charge on any atom is -0.0389 e. The first-order valence-electron chi connectivity index (χ1n) is 6.11. The topological polar surface area (TPSA) is 0 Å². The summed E-state index contributed by atoms with van der Waals surface area (Å²) in [4.78, 5) is 0. The molecule has 0 aromatic rings. The molecule has 2 atom stereocenters. The summed E-state index contributed by atoms with van der Waals surface area (Å²) in [5.41, 5.74) is 0. The SMILES string of the molecule is CCCCC(CC(C)CC)C(C)C. The molecule has 0 rings (SSSR count). The smallest absolute Gasteiger partial charge is 0.0389 e. The van der Waals surface area contributed by atoms with Gasteiger partial charge in [0.2, 0.25) is 0 Å². The summed E-state index contributed by atoms with van der Waals surface area (Å²) in [5, 5.41) is 0. The highest BCUT2D eigenvalue weighted by Gasteiger charge is 2.15. The number of rotatable bonds is 7. The Balaban J connectivity index is 3.79. The molecule has 80 valence electrons. The number of hydrogen-bond donors (Lipinski definition) is 0. The van der Waals surface area contributed by atoms with E-state index in [0.29, 0.717) is 0 Å². The molecule has 0 radical (unpaired) electrons. The number of hydrogen-bond acceptors (Lipinski definition) is 0. The standard InChI is InChI=1S/C13H28/c1-6-8-9-13(11(3)4)10-12(5)7-2/h11-13H,6-10H2,1-5H3. The van der Waals surface area contributed by atoms with Crippen LogP contribution in [0, 0.1) is 17.8 Å². The predicted octanol–water partition coefficient (Wildman–Crippen LogP) is 4.89. The minimum atomic E-state index is 0.876. The Bertz CT molecular complexity index is 105. The van der Waals surface area contributed by atoms with E-state index in [1.807, 2.05) is 0 Å². The lowest BCUT2D eigenvalue weighted by atomic mass is 9.83. The molecule has 0 heteroatoms. The van der Waals surface area contributed by atoms with Crippen molar-refractivity contribution in [2.45, 2.75) is 66.7 Å². The van der Waals surface area contributed by atoms with Gasteiger partial charge in [-0.2, -0.15) is 0 Å². The zero-order chi connectivity index (χ0) is 10.3. The summed E-state index contributed by atoms with van der Waals surface area (Å²) in [7, 11) is 0. The third kappa shape index (κ3) is 6.12. The molecule has 0 spiro atoms. The van der Waals surface area contributed by atoms with Crippen LogP contribution in [-0.2, 0) is 0 Å². The van der Waals surface area contributed by atoms with Crippen molar-refractivity contribution in [3.8, 4) is 0 Å². The molecule has 0 aromatic carbocycles. The van der Waals surface area contributed by atoms with Crippen LogP contribution in [0.15, 0.2) is 0 Å². The Morgan fingerprint density at radius 3 is 2.00 bits per heavy atom. The molecule has 0 saturated heterocycles. The molecule has 0 bridgehead atoms. The lowest BCUT2D eigenvalue weighted by Crippen LogP contribution is -2.12. The summed E-state index contributed by atoms with van der Waals surface area (Å²) in [5.74, 6) is 2.76. The van der Waals surface area contributed by atoms with Crippen molar-refractivity contribution in [1.82, 2.24) is 0 Å². The van der Waals surface area contributed by atoms with Crippen molar-refractivity contribution >= 4 is 0 Å². The highest BCUT2D eigenvalue weighted by atomic mass is 14.2.